The standard InChI is InChI=1S/C24H33FN4O4/c25-19-14-18-21(15-20(19)27-16-8-2-1-3-9-16)28(17-10-4-5-11-17)24(33)29(23(18)32)26-13-7-6-12-22(30)31/h14-17,26-27H,1-13H2,(H,30,31). The number of benzene rings is 1. The summed E-state index contributed by atoms with van der Waals surface area (Å²) in [5.74, 6) is -1.37. The molecule has 0 radical (unpaired) electrons. The molecule has 8 nitrogen and oxygen atoms in total. The summed E-state index contributed by atoms with van der Waals surface area (Å²) in [5.41, 5.74) is 2.64. The fourth-order valence-corrected chi connectivity index (χ4v) is 5.17. The Hall–Kier alpha value is -2.84. The summed E-state index contributed by atoms with van der Waals surface area (Å²) in [6, 6.07) is 3.05. The van der Waals surface area contributed by atoms with Crippen LogP contribution in [0.2, 0.25) is 0 Å². The molecule has 0 saturated heterocycles. The van der Waals surface area contributed by atoms with Gasteiger partial charge in [0.15, 0.2) is 0 Å². The molecule has 1 aromatic heterocycles. The summed E-state index contributed by atoms with van der Waals surface area (Å²) in [7, 11) is 0. The van der Waals surface area contributed by atoms with Crippen LogP contribution in [0.5, 0.6) is 0 Å². The highest BCUT2D eigenvalue weighted by molar-refractivity contribution is 5.82. The van der Waals surface area contributed by atoms with Crippen molar-refractivity contribution in [1.82, 2.24) is 9.24 Å². The fraction of sp³-hybridized carbons (Fsp3) is 0.625. The van der Waals surface area contributed by atoms with Crippen molar-refractivity contribution in [3.63, 3.8) is 0 Å². The van der Waals surface area contributed by atoms with Crippen LogP contribution in [0.25, 0.3) is 10.9 Å². The number of hydrogen-bond acceptors (Lipinski definition) is 5. The molecular weight excluding hydrogens is 427 g/mol. The Balaban J connectivity index is 1.71. The lowest BCUT2D eigenvalue weighted by molar-refractivity contribution is -0.137. The number of hydrogen-bond donors (Lipinski definition) is 3. The number of rotatable bonds is 9. The van der Waals surface area contributed by atoms with Crippen LogP contribution in [0.3, 0.4) is 0 Å². The highest BCUT2D eigenvalue weighted by atomic mass is 19.1. The predicted molar refractivity (Wildman–Crippen MR) is 126 cm³/mol. The molecule has 1 heterocycles. The van der Waals surface area contributed by atoms with E-state index in [0.29, 0.717) is 24.0 Å². The van der Waals surface area contributed by atoms with Gasteiger partial charge in [0.2, 0.25) is 0 Å². The molecule has 2 aromatic rings. The highest BCUT2D eigenvalue weighted by Gasteiger charge is 2.25. The van der Waals surface area contributed by atoms with Crippen LogP contribution < -0.4 is 22.0 Å². The summed E-state index contributed by atoms with van der Waals surface area (Å²) in [6.45, 7) is 0.280. The minimum atomic E-state index is -0.880. The van der Waals surface area contributed by atoms with Crippen LogP contribution >= 0.6 is 0 Å². The number of nitrogens with one attached hydrogen (secondary N) is 2. The molecule has 180 valence electrons. The molecule has 0 atom stereocenters. The Bertz CT molecular complexity index is 1110. The zero-order valence-electron chi connectivity index (χ0n) is 18.9. The zero-order chi connectivity index (χ0) is 23.4. The van der Waals surface area contributed by atoms with E-state index in [9.17, 15) is 14.4 Å². The first kappa shape index (κ1) is 23.3. The molecule has 0 unspecified atom stereocenters. The molecule has 0 bridgehead atoms. The zero-order valence-corrected chi connectivity index (χ0v) is 18.9. The van der Waals surface area contributed by atoms with Crippen LogP contribution in [-0.4, -0.2) is 32.9 Å². The second kappa shape index (κ2) is 10.4. The SMILES string of the molecule is O=C(O)CCCCNn1c(=O)c2cc(F)c(NC3CCCCC3)cc2n(C2CCCC2)c1=O. The maximum atomic E-state index is 15.0. The fourth-order valence-electron chi connectivity index (χ4n) is 5.17. The number of carbonyl (C=O) groups is 1. The van der Waals surface area contributed by atoms with Gasteiger partial charge < -0.3 is 15.8 Å². The number of carboxylic acid groups (broad SMARTS) is 1. The van der Waals surface area contributed by atoms with E-state index in [2.05, 4.69) is 10.7 Å². The number of aromatic nitrogens is 2. The molecule has 3 N–H and O–H groups in total. The van der Waals surface area contributed by atoms with Gasteiger partial charge in [0.05, 0.1) is 16.6 Å². The highest BCUT2D eigenvalue weighted by Crippen LogP contribution is 2.32. The monoisotopic (exact) mass is 460 g/mol. The average molecular weight is 461 g/mol. The van der Waals surface area contributed by atoms with Gasteiger partial charge in [-0.05, 0) is 50.7 Å². The number of aliphatic carboxylic acids is 1. The number of anilines is 1. The first-order valence-electron chi connectivity index (χ1n) is 12.2. The van der Waals surface area contributed by atoms with Crippen molar-refractivity contribution in [3.05, 3.63) is 38.8 Å². The Labute approximate surface area is 191 Å². The van der Waals surface area contributed by atoms with Gasteiger partial charge in [-0.2, -0.15) is 4.68 Å². The normalized spacial score (nSPS) is 17.5. The van der Waals surface area contributed by atoms with Gasteiger partial charge in [-0.25, -0.2) is 9.18 Å². The third-order valence-electron chi connectivity index (χ3n) is 6.92. The van der Waals surface area contributed by atoms with E-state index in [1.54, 1.807) is 10.6 Å². The molecule has 2 saturated carbocycles. The largest absolute Gasteiger partial charge is 0.481 e. The number of carboxylic acids is 1. The van der Waals surface area contributed by atoms with Crippen molar-refractivity contribution in [2.24, 2.45) is 0 Å². The van der Waals surface area contributed by atoms with E-state index in [1.165, 1.54) is 12.5 Å². The van der Waals surface area contributed by atoms with E-state index in [4.69, 9.17) is 5.11 Å². The number of halogens is 1. The third-order valence-corrected chi connectivity index (χ3v) is 6.92. The predicted octanol–water partition coefficient (Wildman–Crippen LogP) is 3.96. The lowest BCUT2D eigenvalue weighted by atomic mass is 9.95. The molecule has 2 aliphatic rings. The lowest BCUT2D eigenvalue weighted by Crippen LogP contribution is -2.46. The number of nitrogens with zero attached hydrogens (tertiary/aromatic N) is 2. The molecule has 4 rings (SSSR count). The van der Waals surface area contributed by atoms with E-state index >= 15 is 4.39 Å². The van der Waals surface area contributed by atoms with Gasteiger partial charge in [0.25, 0.3) is 5.56 Å². The van der Waals surface area contributed by atoms with Gasteiger partial charge in [-0.3, -0.25) is 14.2 Å². The first-order valence-corrected chi connectivity index (χ1v) is 12.2. The van der Waals surface area contributed by atoms with Crippen LogP contribution in [0.4, 0.5) is 10.1 Å². The van der Waals surface area contributed by atoms with Crippen molar-refractivity contribution in [1.29, 1.82) is 0 Å². The van der Waals surface area contributed by atoms with Gasteiger partial charge >= 0.3 is 11.7 Å². The van der Waals surface area contributed by atoms with Crippen LogP contribution in [-0.2, 0) is 4.79 Å². The smallest absolute Gasteiger partial charge is 0.350 e. The van der Waals surface area contributed by atoms with E-state index in [1.807, 2.05) is 0 Å². The molecule has 0 spiro atoms. The summed E-state index contributed by atoms with van der Waals surface area (Å²) in [6.07, 6.45) is 10.1. The quantitative estimate of drug-likeness (QED) is 0.489. The van der Waals surface area contributed by atoms with Crippen LogP contribution in [0.15, 0.2) is 21.7 Å². The van der Waals surface area contributed by atoms with Crippen molar-refractivity contribution in [2.45, 2.75) is 89.1 Å². The lowest BCUT2D eigenvalue weighted by Gasteiger charge is -2.25. The van der Waals surface area contributed by atoms with Gasteiger partial charge in [-0.15, -0.1) is 0 Å². The second-order valence-electron chi connectivity index (χ2n) is 9.32. The van der Waals surface area contributed by atoms with E-state index in [0.717, 1.165) is 56.0 Å². The Morgan fingerprint density at radius 2 is 1.73 bits per heavy atom. The maximum Gasteiger partial charge on any atom is 0.350 e. The van der Waals surface area contributed by atoms with E-state index in [-0.39, 0.29) is 30.4 Å². The number of fused-ring (bicyclic) bond motifs is 1. The number of unbranched alkanes of at least 4 members (excludes halogenated alkanes) is 1. The summed E-state index contributed by atoms with van der Waals surface area (Å²) >= 11 is 0. The first-order chi connectivity index (χ1) is 16.0. The topological polar surface area (TPSA) is 105 Å². The Morgan fingerprint density at radius 1 is 1.03 bits per heavy atom. The molecule has 0 aliphatic heterocycles. The molecule has 9 heteroatoms. The average Bonchev–Trinajstić information content (AvgIpc) is 3.32. The van der Waals surface area contributed by atoms with Gasteiger partial charge in [0, 0.05) is 25.0 Å². The molecular formula is C24H33FN4O4. The van der Waals surface area contributed by atoms with Crippen molar-refractivity contribution >= 4 is 22.6 Å². The maximum absolute atomic E-state index is 15.0. The van der Waals surface area contributed by atoms with Gasteiger partial charge in [0.1, 0.15) is 5.82 Å². The summed E-state index contributed by atoms with van der Waals surface area (Å²) < 4.78 is 17.7. The molecule has 33 heavy (non-hydrogen) atoms. The van der Waals surface area contributed by atoms with Gasteiger partial charge in [-0.1, -0.05) is 32.1 Å². The molecule has 2 aliphatic carbocycles. The molecule has 1 aromatic carbocycles. The summed E-state index contributed by atoms with van der Waals surface area (Å²) in [4.78, 5) is 37.2. The minimum Gasteiger partial charge on any atom is -0.481 e. The molecule has 0 amide bonds. The van der Waals surface area contributed by atoms with Crippen LogP contribution in [0.1, 0.15) is 83.1 Å². The Morgan fingerprint density at radius 3 is 2.42 bits per heavy atom. The molecule has 2 fully saturated rings. The van der Waals surface area contributed by atoms with Crippen molar-refractivity contribution in [2.75, 3.05) is 17.3 Å². The third kappa shape index (κ3) is 5.23. The van der Waals surface area contributed by atoms with Crippen LogP contribution in [0, 0.1) is 5.82 Å². The minimum absolute atomic E-state index is 0.0303. The Kier molecular flexibility index (Phi) is 7.35. The second-order valence-corrected chi connectivity index (χ2v) is 9.32. The van der Waals surface area contributed by atoms with Crippen molar-refractivity contribution < 1.29 is 14.3 Å². The summed E-state index contributed by atoms with van der Waals surface area (Å²) in [5, 5.41) is 12.3. The van der Waals surface area contributed by atoms with E-state index < -0.39 is 23.0 Å². The van der Waals surface area contributed by atoms with Crippen molar-refractivity contribution in [3.8, 4) is 0 Å².